The van der Waals surface area contributed by atoms with Crippen molar-refractivity contribution in [3.8, 4) is 0 Å². The molecule has 1 saturated heterocycles. The Morgan fingerprint density at radius 3 is 1.90 bits per heavy atom. The number of Topliss-reactive ketones (excluding diaryl/α,β-unsaturated/α-hetero) is 1. The van der Waals surface area contributed by atoms with Crippen molar-refractivity contribution in [2.24, 2.45) is 5.92 Å². The van der Waals surface area contributed by atoms with E-state index in [9.17, 15) is 29.1 Å². The van der Waals surface area contributed by atoms with Gasteiger partial charge in [0.2, 0.25) is 5.91 Å². The summed E-state index contributed by atoms with van der Waals surface area (Å²) in [6, 6.07) is 29.2. The molecule has 0 spiro atoms. The summed E-state index contributed by atoms with van der Waals surface area (Å²) in [5.74, 6) is -2.57. The molecule has 3 heterocycles. The first-order valence-electron chi connectivity index (χ1n) is 19.4. The van der Waals surface area contributed by atoms with Crippen molar-refractivity contribution in [1.29, 1.82) is 0 Å². The van der Waals surface area contributed by atoms with Gasteiger partial charge >= 0.3 is 59.1 Å². The number of benzene rings is 3. The molecule has 2 atom stereocenters. The average molecular weight is 1040 g/mol. The molecule has 3 aromatic carbocycles. The number of carbonyl (C=O) groups excluding carboxylic acids is 4. The fourth-order valence-electron chi connectivity index (χ4n) is 7.15. The van der Waals surface area contributed by atoms with Crippen LogP contribution in [-0.2, 0) is 44.0 Å². The number of hydrogen-bond donors (Lipinski definition) is 2. The molecule has 15 nitrogen and oxygen atoms in total. The summed E-state index contributed by atoms with van der Waals surface area (Å²) in [5, 5.41) is 19.6. The van der Waals surface area contributed by atoms with E-state index in [1.165, 1.54) is 11.3 Å². The minimum absolute atomic E-state index is 0. The number of amides is 1. The predicted molar refractivity (Wildman–Crippen MR) is 233 cm³/mol. The number of carboxylic acids is 1. The van der Waals surface area contributed by atoms with Gasteiger partial charge in [0.25, 0.3) is 0 Å². The first kappa shape index (κ1) is 61.3. The number of aromatic nitrogens is 1. The van der Waals surface area contributed by atoms with Gasteiger partial charge in [-0.2, -0.15) is 0 Å². The Bertz CT molecular complexity index is 2210. The molecule has 5 aromatic rings. The topological polar surface area (TPSA) is 251 Å². The van der Waals surface area contributed by atoms with Crippen molar-refractivity contribution in [3.63, 3.8) is 0 Å². The largest absolute Gasteiger partial charge is 1.00 e. The maximum atomic E-state index is 13.4. The van der Waals surface area contributed by atoms with Crippen LogP contribution < -0.4 is 80.3 Å². The average Bonchev–Trinajstić information content (AvgIpc) is 3.21. The zero-order chi connectivity index (χ0) is 40.0. The van der Waals surface area contributed by atoms with Gasteiger partial charge in [-0.25, -0.2) is 11.3 Å². The summed E-state index contributed by atoms with van der Waals surface area (Å²) in [7, 11) is 0. The van der Waals surface area contributed by atoms with Gasteiger partial charge in [-0.15, -0.1) is 11.3 Å². The van der Waals surface area contributed by atoms with Crippen LogP contribution in [0.25, 0.3) is 20.3 Å². The van der Waals surface area contributed by atoms with Crippen LogP contribution >= 0.6 is 11.3 Å². The maximum Gasteiger partial charge on any atom is 1.00 e. The summed E-state index contributed by atoms with van der Waals surface area (Å²) in [6.07, 6.45) is 2.44. The number of carbonyl (C=O) groups is 3. The standard InChI is InChI=1S/C44H49N6O6S.Eu.2Na.3H2O/c51-31-36(26-33-11-5-2-6-12-33)46-41(53)30-49-20-18-45-17-19-48(29-37(52)27-34(44(55)56)25-32-9-3-1-4-10-32)21-23-50(24-22-49)28-35-15-16-39-42(54)38-13-7-8-14-40(38)57-43(39)47-35;;;;;;/h1-16,34,36,45H,17-30H2,(H,46,53)(H,55,56);;;;3*1H2/q-1;;2*+1;;;/t34-,36+;;;;;;/m1....../s1. The summed E-state index contributed by atoms with van der Waals surface area (Å²) >= 11 is 1.48. The zero-order valence-electron chi connectivity index (χ0n) is 35.9. The third kappa shape index (κ3) is 19.6. The molecule has 0 saturated carbocycles. The van der Waals surface area contributed by atoms with Gasteiger partial charge in [0, 0.05) is 137 Å². The van der Waals surface area contributed by atoms with Crippen LogP contribution in [-0.4, -0.2) is 126 Å². The minimum atomic E-state index is -1.23. The molecule has 1 aliphatic rings. The van der Waals surface area contributed by atoms with E-state index in [4.69, 9.17) is 4.98 Å². The molecule has 9 N–H and O–H groups in total. The summed E-state index contributed by atoms with van der Waals surface area (Å²) < 4.78 is 0.872. The van der Waals surface area contributed by atoms with Gasteiger partial charge in [0.1, 0.15) is 10.6 Å². The number of nitrogens with zero attached hydrogens (tertiary/aromatic N) is 4. The minimum Gasteiger partial charge on any atom is -0.550 e. The molecular weight excluding hydrogens is 987 g/mol. The SMILES string of the molecule is O.O.O=[C-][C@H](Cc1ccccc1)NC(=O)CN1CCNCCN(CC(=O)C[C@@H](Cc2ccccc2)C(=O)[O-])CCN(Cc2ccc3c(=O)c4ccccc4sc3n2)CC1.[Eu].[Na+].[Na+].[OH3+]. The van der Waals surface area contributed by atoms with Crippen LogP contribution in [0.15, 0.2) is 102 Å². The van der Waals surface area contributed by atoms with Crippen LogP contribution in [0.1, 0.15) is 23.2 Å². The molecule has 1 radical (unpaired) electrons. The van der Waals surface area contributed by atoms with Crippen LogP contribution in [0.2, 0.25) is 0 Å². The maximum absolute atomic E-state index is 13.4. The fourth-order valence-corrected chi connectivity index (χ4v) is 8.21. The van der Waals surface area contributed by atoms with E-state index in [2.05, 4.69) is 25.3 Å². The van der Waals surface area contributed by atoms with Gasteiger partial charge in [0.15, 0.2) is 5.43 Å². The van der Waals surface area contributed by atoms with Gasteiger partial charge in [-0.1, -0.05) is 78.8 Å². The predicted octanol–water partition coefficient (Wildman–Crippen LogP) is -6.34. The number of pyridine rings is 1. The number of ketones is 1. The van der Waals surface area contributed by atoms with E-state index < -0.39 is 17.9 Å². The molecule has 63 heavy (non-hydrogen) atoms. The molecule has 1 aliphatic heterocycles. The molecule has 0 aliphatic carbocycles. The van der Waals surface area contributed by atoms with E-state index in [0.29, 0.717) is 80.9 Å². The summed E-state index contributed by atoms with van der Waals surface area (Å²) in [6.45, 7) is 5.17. The molecule has 6 rings (SSSR count). The Balaban J connectivity index is 0.00000641. The van der Waals surface area contributed by atoms with E-state index in [-0.39, 0.29) is 168 Å². The first-order valence-corrected chi connectivity index (χ1v) is 20.2. The number of nitrogens with one attached hydrogen (secondary N) is 2. The van der Waals surface area contributed by atoms with E-state index in [1.807, 2.05) is 103 Å². The first-order chi connectivity index (χ1) is 27.7. The molecule has 19 heteroatoms. The second-order valence-electron chi connectivity index (χ2n) is 14.5. The third-order valence-corrected chi connectivity index (χ3v) is 11.3. The van der Waals surface area contributed by atoms with Gasteiger partial charge in [-0.3, -0.25) is 29.1 Å². The third-order valence-electron chi connectivity index (χ3n) is 10.2. The van der Waals surface area contributed by atoms with Crippen molar-refractivity contribution >= 4 is 55.6 Å². The Labute approximate surface area is 456 Å². The molecule has 0 bridgehead atoms. The number of hydrogen-bond acceptors (Lipinski definition) is 12. The van der Waals surface area contributed by atoms with E-state index in [0.717, 1.165) is 21.5 Å². The molecule has 2 aromatic heterocycles. The Morgan fingerprint density at radius 1 is 0.746 bits per heavy atom. The quantitative estimate of drug-likeness (QED) is 0.0432. The monoisotopic (exact) mass is 1040 g/mol. The number of fused-ring (bicyclic) bond motifs is 2. The van der Waals surface area contributed by atoms with Crippen molar-refractivity contribution in [3.05, 3.63) is 124 Å². The van der Waals surface area contributed by atoms with E-state index in [1.54, 1.807) is 0 Å². The van der Waals surface area contributed by atoms with Gasteiger partial charge in [0.05, 0.1) is 24.2 Å². The molecule has 1 fully saturated rings. The zero-order valence-corrected chi connectivity index (χ0v) is 43.1. The van der Waals surface area contributed by atoms with Crippen molar-refractivity contribution < 1.29 is 149 Å². The number of rotatable bonds is 15. The van der Waals surface area contributed by atoms with Crippen molar-refractivity contribution in [2.75, 3.05) is 65.4 Å². The molecule has 0 unspecified atom stereocenters. The van der Waals surface area contributed by atoms with Crippen LogP contribution in [0.3, 0.4) is 0 Å². The van der Waals surface area contributed by atoms with Gasteiger partial charge < -0.3 is 41.8 Å². The molecule has 1 amide bonds. The van der Waals surface area contributed by atoms with Crippen LogP contribution in [0.5, 0.6) is 0 Å². The van der Waals surface area contributed by atoms with Crippen LogP contribution in [0.4, 0.5) is 0 Å². The second kappa shape index (κ2) is 32.1. The number of aliphatic carboxylic acids is 1. The van der Waals surface area contributed by atoms with Gasteiger partial charge in [-0.05, 0) is 48.2 Å². The molecular formula is C44H55EuN6Na2O9S+. The van der Waals surface area contributed by atoms with E-state index >= 15 is 0 Å². The fraction of sp³-hybridized carbons (Fsp3) is 0.364. The Kier molecular flexibility index (Phi) is 31.2. The Morgan fingerprint density at radius 2 is 1.30 bits per heavy atom. The smallest absolute Gasteiger partial charge is 0.550 e. The summed E-state index contributed by atoms with van der Waals surface area (Å²) in [5.41, 5.74) is 2.52. The van der Waals surface area contributed by atoms with Crippen molar-refractivity contribution in [2.45, 2.75) is 31.8 Å². The Hall–Kier alpha value is -1.72. The second-order valence-corrected chi connectivity index (χ2v) is 15.6. The molecule has 329 valence electrons. The summed E-state index contributed by atoms with van der Waals surface area (Å²) in [4.78, 5) is 75.6. The normalized spacial score (nSPS) is 14.7. The van der Waals surface area contributed by atoms with Crippen LogP contribution in [0, 0.1) is 55.3 Å². The number of carboxylic acid groups (broad SMARTS) is 1. The van der Waals surface area contributed by atoms with Crippen molar-refractivity contribution in [1.82, 2.24) is 30.3 Å².